The number of carbonyl (C=O) groups excluding carboxylic acids is 1. The largest absolute Gasteiger partial charge is 0.349 e. The molecule has 0 saturated carbocycles. The summed E-state index contributed by atoms with van der Waals surface area (Å²) in [6, 6.07) is 1.86. The van der Waals surface area contributed by atoms with Gasteiger partial charge in [-0.1, -0.05) is 11.6 Å². The van der Waals surface area contributed by atoms with Crippen molar-refractivity contribution in [3.8, 4) is 0 Å². The second-order valence-electron chi connectivity index (χ2n) is 4.72. The van der Waals surface area contributed by atoms with Gasteiger partial charge in [0.15, 0.2) is 0 Å². The number of thioether (sulfide) groups is 1. The van der Waals surface area contributed by atoms with Crippen LogP contribution in [-0.2, 0) is 0 Å². The minimum absolute atomic E-state index is 0.0594. The molecule has 1 fully saturated rings. The molecule has 0 spiro atoms. The normalized spacial score (nSPS) is 16.6. The summed E-state index contributed by atoms with van der Waals surface area (Å²) in [7, 11) is 0. The van der Waals surface area contributed by atoms with Crippen LogP contribution in [0.2, 0.25) is 5.02 Å². The molecule has 0 bridgehead atoms. The fourth-order valence-electron chi connectivity index (χ4n) is 2.25. The Labute approximate surface area is 130 Å². The van der Waals surface area contributed by atoms with Crippen molar-refractivity contribution in [1.29, 1.82) is 0 Å². The fraction of sp³-hybridized carbons (Fsp3) is 0.462. The Hall–Kier alpha value is -0.690. The van der Waals surface area contributed by atoms with Crippen molar-refractivity contribution in [3.05, 3.63) is 22.2 Å². The Kier molecular flexibility index (Phi) is 4.55. The molecule has 0 unspecified atom stereocenters. The maximum absolute atomic E-state index is 12.1. The van der Waals surface area contributed by atoms with Gasteiger partial charge in [-0.15, -0.1) is 11.3 Å². The summed E-state index contributed by atoms with van der Waals surface area (Å²) in [5.41, 5.74) is 1.44. The van der Waals surface area contributed by atoms with E-state index < -0.39 is 0 Å². The second kappa shape index (κ2) is 6.39. The summed E-state index contributed by atoms with van der Waals surface area (Å²) in [5, 5.41) is 5.51. The van der Waals surface area contributed by atoms with Crippen molar-refractivity contribution in [1.82, 2.24) is 15.2 Å². The number of H-pyrrole nitrogens is 1. The van der Waals surface area contributed by atoms with Crippen LogP contribution in [0.5, 0.6) is 0 Å². The number of amides is 1. The number of thiophene rings is 1. The molecule has 108 valence electrons. The first-order valence-corrected chi connectivity index (χ1v) is 8.99. The highest BCUT2D eigenvalue weighted by atomic mass is 35.5. The molecule has 7 heteroatoms. The SMILES string of the molecule is O=C(NCCN1CCSCC1)c1cc2scc(Cl)c2[nH]1. The predicted octanol–water partition coefficient (Wildman–Crippen LogP) is 2.66. The first-order chi connectivity index (χ1) is 9.74. The van der Waals surface area contributed by atoms with E-state index in [1.54, 1.807) is 11.3 Å². The molecule has 3 heterocycles. The third-order valence-corrected chi connectivity index (χ3v) is 5.67. The number of rotatable bonds is 4. The van der Waals surface area contributed by atoms with Gasteiger partial charge in [-0.2, -0.15) is 11.8 Å². The van der Waals surface area contributed by atoms with E-state index in [1.807, 2.05) is 23.2 Å². The van der Waals surface area contributed by atoms with Crippen LogP contribution in [0.15, 0.2) is 11.4 Å². The Morgan fingerprint density at radius 2 is 2.25 bits per heavy atom. The van der Waals surface area contributed by atoms with Gasteiger partial charge in [0.05, 0.1) is 15.2 Å². The topological polar surface area (TPSA) is 48.1 Å². The molecule has 3 rings (SSSR count). The molecule has 0 radical (unpaired) electrons. The van der Waals surface area contributed by atoms with Crippen molar-refractivity contribution in [2.24, 2.45) is 0 Å². The van der Waals surface area contributed by atoms with Crippen LogP contribution in [0.1, 0.15) is 10.5 Å². The van der Waals surface area contributed by atoms with Crippen molar-refractivity contribution < 1.29 is 4.79 Å². The minimum Gasteiger partial charge on any atom is -0.349 e. The van der Waals surface area contributed by atoms with Gasteiger partial charge in [-0.3, -0.25) is 9.69 Å². The molecule has 1 saturated heterocycles. The van der Waals surface area contributed by atoms with Gasteiger partial charge in [0.1, 0.15) is 5.69 Å². The summed E-state index contributed by atoms with van der Waals surface area (Å²) in [5.74, 6) is 2.33. The average Bonchev–Trinajstić information content (AvgIpc) is 3.03. The first kappa shape index (κ1) is 14.3. The Balaban J connectivity index is 1.53. The fourth-order valence-corrected chi connectivity index (χ4v) is 4.38. The molecule has 0 atom stereocenters. The molecule has 2 aromatic heterocycles. The third kappa shape index (κ3) is 3.14. The highest BCUT2D eigenvalue weighted by Crippen LogP contribution is 2.29. The molecule has 0 aromatic carbocycles. The number of nitrogens with zero attached hydrogens (tertiary/aromatic N) is 1. The molecule has 1 amide bonds. The van der Waals surface area contributed by atoms with Crippen molar-refractivity contribution in [2.75, 3.05) is 37.7 Å². The summed E-state index contributed by atoms with van der Waals surface area (Å²) in [6.45, 7) is 3.84. The van der Waals surface area contributed by atoms with Crippen LogP contribution in [0.4, 0.5) is 0 Å². The van der Waals surface area contributed by atoms with Crippen LogP contribution in [-0.4, -0.2) is 53.5 Å². The van der Waals surface area contributed by atoms with Crippen molar-refractivity contribution in [3.63, 3.8) is 0 Å². The van der Waals surface area contributed by atoms with Crippen LogP contribution in [0, 0.1) is 0 Å². The van der Waals surface area contributed by atoms with Crippen molar-refractivity contribution in [2.45, 2.75) is 0 Å². The molecular formula is C13H16ClN3OS2. The van der Waals surface area contributed by atoms with Gasteiger partial charge >= 0.3 is 0 Å². The Morgan fingerprint density at radius 1 is 1.45 bits per heavy atom. The predicted molar refractivity (Wildman–Crippen MR) is 87.3 cm³/mol. The average molecular weight is 330 g/mol. The number of aromatic nitrogens is 1. The smallest absolute Gasteiger partial charge is 0.267 e. The lowest BCUT2D eigenvalue weighted by Crippen LogP contribution is -2.39. The standard InChI is InChI=1S/C13H16ClN3OS2/c14-9-8-20-11-7-10(16-12(9)11)13(18)15-1-2-17-3-5-19-6-4-17/h7-8,16H,1-6H2,(H,15,18). The van der Waals surface area contributed by atoms with E-state index in [0.717, 1.165) is 29.9 Å². The van der Waals surface area contributed by atoms with Gasteiger partial charge in [0.2, 0.25) is 0 Å². The summed E-state index contributed by atoms with van der Waals surface area (Å²) in [4.78, 5) is 17.5. The van der Waals surface area contributed by atoms with E-state index in [4.69, 9.17) is 11.6 Å². The number of hydrogen-bond donors (Lipinski definition) is 2. The molecule has 2 aromatic rings. The molecular weight excluding hydrogens is 314 g/mol. The van der Waals surface area contributed by atoms with E-state index in [2.05, 4.69) is 15.2 Å². The minimum atomic E-state index is -0.0594. The molecule has 4 nitrogen and oxygen atoms in total. The van der Waals surface area contributed by atoms with E-state index in [-0.39, 0.29) is 5.91 Å². The maximum Gasteiger partial charge on any atom is 0.267 e. The van der Waals surface area contributed by atoms with Crippen molar-refractivity contribution >= 4 is 50.8 Å². The number of carbonyl (C=O) groups is 1. The first-order valence-electron chi connectivity index (χ1n) is 6.58. The van der Waals surface area contributed by atoms with Crippen LogP contribution in [0.3, 0.4) is 0 Å². The summed E-state index contributed by atoms with van der Waals surface area (Å²) >= 11 is 9.57. The number of fused-ring (bicyclic) bond motifs is 1. The van der Waals surface area contributed by atoms with Gasteiger partial charge < -0.3 is 10.3 Å². The van der Waals surface area contributed by atoms with Gasteiger partial charge in [0.25, 0.3) is 5.91 Å². The van der Waals surface area contributed by atoms with Gasteiger partial charge in [-0.25, -0.2) is 0 Å². The monoisotopic (exact) mass is 329 g/mol. The number of hydrogen-bond acceptors (Lipinski definition) is 4. The van der Waals surface area contributed by atoms with E-state index in [0.29, 0.717) is 17.3 Å². The van der Waals surface area contributed by atoms with Crippen LogP contribution in [0.25, 0.3) is 10.2 Å². The maximum atomic E-state index is 12.1. The van der Waals surface area contributed by atoms with Crippen LogP contribution < -0.4 is 5.32 Å². The zero-order valence-corrected chi connectivity index (χ0v) is 13.3. The number of aromatic amines is 1. The third-order valence-electron chi connectivity index (χ3n) is 3.37. The molecule has 20 heavy (non-hydrogen) atoms. The zero-order valence-electron chi connectivity index (χ0n) is 10.9. The lowest BCUT2D eigenvalue weighted by Gasteiger charge is -2.25. The van der Waals surface area contributed by atoms with Gasteiger partial charge in [-0.05, 0) is 6.07 Å². The molecule has 1 aliphatic heterocycles. The van der Waals surface area contributed by atoms with Crippen LogP contribution >= 0.6 is 34.7 Å². The molecule has 1 aliphatic rings. The number of halogens is 1. The zero-order chi connectivity index (χ0) is 13.9. The van der Waals surface area contributed by atoms with E-state index >= 15 is 0 Å². The highest BCUT2D eigenvalue weighted by Gasteiger charge is 2.13. The highest BCUT2D eigenvalue weighted by molar-refractivity contribution is 7.99. The summed E-state index contributed by atoms with van der Waals surface area (Å²) in [6.07, 6.45) is 0. The van der Waals surface area contributed by atoms with E-state index in [1.165, 1.54) is 11.5 Å². The molecule has 2 N–H and O–H groups in total. The van der Waals surface area contributed by atoms with E-state index in [9.17, 15) is 4.79 Å². The number of nitrogens with one attached hydrogen (secondary N) is 2. The Morgan fingerprint density at radius 3 is 3.00 bits per heavy atom. The van der Waals surface area contributed by atoms with Gasteiger partial charge in [0, 0.05) is 43.1 Å². The molecule has 0 aliphatic carbocycles. The lowest BCUT2D eigenvalue weighted by atomic mass is 10.4. The Bertz CT molecular complexity index is 604. The summed E-state index contributed by atoms with van der Waals surface area (Å²) < 4.78 is 1.02. The second-order valence-corrected chi connectivity index (χ2v) is 7.26. The quantitative estimate of drug-likeness (QED) is 0.906. The lowest BCUT2D eigenvalue weighted by molar-refractivity contribution is 0.0945.